The van der Waals surface area contributed by atoms with Crippen LogP contribution in [0.5, 0.6) is 0 Å². The second-order valence-electron chi connectivity index (χ2n) is 17.3. The zero-order valence-corrected chi connectivity index (χ0v) is 35.7. The average Bonchev–Trinajstić information content (AvgIpc) is 3.24. The van der Waals surface area contributed by atoms with Gasteiger partial charge in [0, 0.05) is 81.1 Å². The van der Waals surface area contributed by atoms with E-state index in [1.165, 1.54) is 24.1 Å². The average molecular weight is 829 g/mol. The Hall–Kier alpha value is -5.57. The highest BCUT2D eigenvalue weighted by molar-refractivity contribution is 6.01. The molecule has 8 rings (SSSR count). The van der Waals surface area contributed by atoms with Gasteiger partial charge in [0.05, 0.1) is 31.0 Å². The fraction of sp³-hybridized carbons (Fsp3) is 0.468. The van der Waals surface area contributed by atoms with Gasteiger partial charge in [0.15, 0.2) is 0 Å². The molecule has 0 spiro atoms. The van der Waals surface area contributed by atoms with Crippen LogP contribution in [0.3, 0.4) is 0 Å². The highest BCUT2D eigenvalue weighted by Crippen LogP contribution is 2.27. The number of carbonyl (C=O) groups excluding carboxylic acids is 3. The van der Waals surface area contributed by atoms with E-state index in [2.05, 4.69) is 96.4 Å². The summed E-state index contributed by atoms with van der Waals surface area (Å²) >= 11 is 0. The van der Waals surface area contributed by atoms with Crippen molar-refractivity contribution in [2.75, 3.05) is 74.4 Å². The third kappa shape index (κ3) is 11.2. The summed E-state index contributed by atoms with van der Waals surface area (Å²) in [6.07, 6.45) is 5.38. The fourth-order valence-corrected chi connectivity index (χ4v) is 8.81. The standard InChI is InChI=1S/C47H60N10O4/c1-32(2)61-41-30-57(31-41)47(60)49-27-37-8-7-36(25-33(37)3)42-15-18-48-46(52-42)51-38-9-11-40(12-10-38)56-23-21-55(22-24-56)28-34-16-19-54(20-17-34)29-35-5-4-6-39(26-35)50-43-13-14-44(58)53-45(43)59/h4-12,15,18,25-26,32,34,41,43,50H,13-14,16-17,19-24,27-31H2,1-3H3,(H,49,60)(H,48,51,52)(H,53,58,59). The number of urea groups is 1. The molecule has 0 saturated carbocycles. The molecular formula is C47H60N10O4. The number of aromatic nitrogens is 2. The lowest BCUT2D eigenvalue weighted by Crippen LogP contribution is -2.58. The van der Waals surface area contributed by atoms with Crippen LogP contribution < -0.4 is 26.2 Å². The minimum absolute atomic E-state index is 0.0604. The Balaban J connectivity index is 0.746. The number of ether oxygens (including phenoxy) is 1. The molecule has 14 nitrogen and oxygen atoms in total. The fourth-order valence-electron chi connectivity index (χ4n) is 8.81. The normalized spacial score (nSPS) is 19.4. The summed E-state index contributed by atoms with van der Waals surface area (Å²) in [5.74, 6) is 0.819. The number of likely N-dealkylation sites (tertiary alicyclic amines) is 2. The summed E-state index contributed by atoms with van der Waals surface area (Å²) < 4.78 is 5.77. The van der Waals surface area contributed by atoms with E-state index in [1.807, 2.05) is 38.1 Å². The number of piperazine rings is 1. The third-order valence-electron chi connectivity index (χ3n) is 12.3. The zero-order chi connectivity index (χ0) is 42.3. The van der Waals surface area contributed by atoms with Gasteiger partial charge in [-0.25, -0.2) is 14.8 Å². The van der Waals surface area contributed by atoms with Crippen LogP contribution in [0.2, 0.25) is 0 Å². The zero-order valence-electron chi connectivity index (χ0n) is 35.7. The van der Waals surface area contributed by atoms with Crippen LogP contribution in [0.1, 0.15) is 56.2 Å². The second kappa shape index (κ2) is 19.4. The molecule has 4 aromatic rings. The highest BCUT2D eigenvalue weighted by Gasteiger charge is 2.32. The smallest absolute Gasteiger partial charge is 0.317 e. The maximum atomic E-state index is 12.6. The van der Waals surface area contributed by atoms with Crippen LogP contribution in [0.4, 0.5) is 27.8 Å². The van der Waals surface area contributed by atoms with Crippen LogP contribution in [-0.2, 0) is 27.4 Å². The van der Waals surface area contributed by atoms with Gasteiger partial charge in [-0.15, -0.1) is 0 Å². The Bertz CT molecular complexity index is 2140. The molecule has 3 aromatic carbocycles. The molecule has 4 saturated heterocycles. The van der Waals surface area contributed by atoms with Crippen LogP contribution in [0.15, 0.2) is 79.0 Å². The third-order valence-corrected chi connectivity index (χ3v) is 12.3. The molecule has 61 heavy (non-hydrogen) atoms. The van der Waals surface area contributed by atoms with Gasteiger partial charge in [-0.05, 0) is 124 Å². The maximum Gasteiger partial charge on any atom is 0.317 e. The number of benzene rings is 3. The molecule has 1 unspecified atom stereocenters. The molecular weight excluding hydrogens is 769 g/mol. The van der Waals surface area contributed by atoms with Crippen molar-refractivity contribution in [2.45, 2.75) is 77.8 Å². The topological polar surface area (TPSA) is 147 Å². The molecule has 4 amide bonds. The van der Waals surface area contributed by atoms with Crippen molar-refractivity contribution >= 4 is 40.9 Å². The SMILES string of the molecule is Cc1cc(-c2ccnc(Nc3ccc(N4CCN(CC5CCN(Cc6cccc(NC7CCC(=O)NC7=O)c6)CC5)CC4)cc3)n2)ccc1CNC(=O)N1CC(OC(C)C)C1. The van der Waals surface area contributed by atoms with Crippen molar-refractivity contribution in [1.82, 2.24) is 35.3 Å². The second-order valence-corrected chi connectivity index (χ2v) is 17.3. The van der Waals surface area contributed by atoms with Gasteiger partial charge in [0.25, 0.3) is 0 Å². The van der Waals surface area contributed by atoms with E-state index in [0.29, 0.717) is 44.3 Å². The molecule has 5 heterocycles. The van der Waals surface area contributed by atoms with Crippen LogP contribution in [-0.4, -0.2) is 120 Å². The number of carbonyl (C=O) groups is 3. The van der Waals surface area contributed by atoms with E-state index >= 15 is 0 Å². The molecule has 4 aliphatic rings. The lowest BCUT2D eigenvalue weighted by molar-refractivity contribution is -0.133. The Morgan fingerprint density at radius 1 is 0.885 bits per heavy atom. The number of piperidine rings is 2. The van der Waals surface area contributed by atoms with Crippen LogP contribution >= 0.6 is 0 Å². The quantitative estimate of drug-likeness (QED) is 0.115. The number of nitrogens with zero attached hydrogens (tertiary/aromatic N) is 6. The van der Waals surface area contributed by atoms with E-state index in [4.69, 9.17) is 9.72 Å². The van der Waals surface area contributed by atoms with Gasteiger partial charge < -0.3 is 30.5 Å². The van der Waals surface area contributed by atoms with Gasteiger partial charge in [-0.1, -0.05) is 24.3 Å². The summed E-state index contributed by atoms with van der Waals surface area (Å²) in [6.45, 7) is 16.2. The van der Waals surface area contributed by atoms with Crippen LogP contribution in [0.25, 0.3) is 11.3 Å². The first-order valence-corrected chi connectivity index (χ1v) is 22.0. The minimum atomic E-state index is -0.370. The molecule has 4 fully saturated rings. The lowest BCUT2D eigenvalue weighted by Gasteiger charge is -2.39. The minimum Gasteiger partial charge on any atom is -0.374 e. The largest absolute Gasteiger partial charge is 0.374 e. The number of rotatable bonds is 14. The van der Waals surface area contributed by atoms with E-state index in [0.717, 1.165) is 86.1 Å². The number of imide groups is 1. The predicted molar refractivity (Wildman–Crippen MR) is 239 cm³/mol. The molecule has 0 radical (unpaired) electrons. The van der Waals surface area contributed by atoms with Gasteiger partial charge in [-0.3, -0.25) is 24.7 Å². The summed E-state index contributed by atoms with van der Waals surface area (Å²) in [6, 6.07) is 24.6. The Labute approximate surface area is 359 Å². The summed E-state index contributed by atoms with van der Waals surface area (Å²) in [5.41, 5.74) is 8.31. The molecule has 1 aromatic heterocycles. The number of amides is 4. The molecule has 4 N–H and O–H groups in total. The molecule has 14 heteroatoms. The van der Waals surface area contributed by atoms with E-state index in [-0.39, 0.29) is 36.1 Å². The first-order chi connectivity index (χ1) is 29.6. The predicted octanol–water partition coefficient (Wildman–Crippen LogP) is 5.77. The molecule has 1 atom stereocenters. The Kier molecular flexibility index (Phi) is 13.4. The lowest BCUT2D eigenvalue weighted by atomic mass is 9.95. The van der Waals surface area contributed by atoms with E-state index in [1.54, 1.807) is 11.1 Å². The van der Waals surface area contributed by atoms with Crippen molar-refractivity contribution in [1.29, 1.82) is 0 Å². The van der Waals surface area contributed by atoms with Gasteiger partial charge in [0.1, 0.15) is 6.04 Å². The monoisotopic (exact) mass is 828 g/mol. The Morgan fingerprint density at radius 2 is 1.67 bits per heavy atom. The molecule has 0 aliphatic carbocycles. The maximum absolute atomic E-state index is 12.6. The van der Waals surface area contributed by atoms with Gasteiger partial charge >= 0.3 is 6.03 Å². The first-order valence-electron chi connectivity index (χ1n) is 22.0. The number of nitrogens with one attached hydrogen (secondary N) is 4. The number of hydrogen-bond acceptors (Lipinski definition) is 11. The van der Waals surface area contributed by atoms with Crippen molar-refractivity contribution in [3.63, 3.8) is 0 Å². The number of hydrogen-bond donors (Lipinski definition) is 4. The van der Waals surface area contributed by atoms with Crippen molar-refractivity contribution in [3.8, 4) is 11.3 Å². The number of anilines is 4. The van der Waals surface area contributed by atoms with Gasteiger partial charge in [-0.2, -0.15) is 0 Å². The molecule has 322 valence electrons. The summed E-state index contributed by atoms with van der Waals surface area (Å²) in [7, 11) is 0. The number of aryl methyl sites for hydroxylation is 1. The van der Waals surface area contributed by atoms with Crippen LogP contribution in [0, 0.1) is 12.8 Å². The highest BCUT2D eigenvalue weighted by atomic mass is 16.5. The molecule has 4 aliphatic heterocycles. The molecule has 0 bridgehead atoms. The van der Waals surface area contributed by atoms with Crippen molar-refractivity contribution in [2.24, 2.45) is 5.92 Å². The van der Waals surface area contributed by atoms with E-state index in [9.17, 15) is 14.4 Å². The van der Waals surface area contributed by atoms with Crippen molar-refractivity contribution in [3.05, 3.63) is 95.7 Å². The van der Waals surface area contributed by atoms with Gasteiger partial charge in [0.2, 0.25) is 17.8 Å². The van der Waals surface area contributed by atoms with E-state index < -0.39 is 0 Å². The first kappa shape index (κ1) is 42.1. The Morgan fingerprint density at radius 3 is 2.41 bits per heavy atom. The summed E-state index contributed by atoms with van der Waals surface area (Å²) in [4.78, 5) is 55.1. The summed E-state index contributed by atoms with van der Waals surface area (Å²) in [5, 5.41) is 12.2. The van der Waals surface area contributed by atoms with Crippen molar-refractivity contribution < 1.29 is 19.1 Å².